The largest absolute Gasteiger partial charge is 0.477 e. The second kappa shape index (κ2) is 7.74. The molecule has 1 unspecified atom stereocenters. The highest BCUT2D eigenvalue weighted by Gasteiger charge is 2.34. The van der Waals surface area contributed by atoms with Gasteiger partial charge in [0, 0.05) is 40.0 Å². The van der Waals surface area contributed by atoms with E-state index in [9.17, 15) is 14.7 Å². The van der Waals surface area contributed by atoms with Crippen LogP contribution in [-0.2, 0) is 4.79 Å². The number of amides is 1. The third-order valence-electron chi connectivity index (χ3n) is 4.09. The molecule has 0 bridgehead atoms. The summed E-state index contributed by atoms with van der Waals surface area (Å²) in [6.45, 7) is 0. The molecule has 0 saturated heterocycles. The topological polar surface area (TPSA) is 57.6 Å². The highest BCUT2D eigenvalue weighted by molar-refractivity contribution is 8.04. The number of halogens is 2. The highest BCUT2D eigenvalue weighted by Crippen LogP contribution is 2.48. The molecule has 7 heteroatoms. The predicted molar refractivity (Wildman–Crippen MR) is 105 cm³/mol. The third-order valence-corrected chi connectivity index (χ3v) is 5.89. The highest BCUT2D eigenvalue weighted by atomic mass is 35.5. The lowest BCUT2D eigenvalue weighted by atomic mass is 10.1. The van der Waals surface area contributed by atoms with Crippen LogP contribution < -0.4 is 0 Å². The van der Waals surface area contributed by atoms with Gasteiger partial charge in [-0.1, -0.05) is 53.5 Å². The molecule has 0 saturated carbocycles. The molecule has 1 heterocycles. The summed E-state index contributed by atoms with van der Waals surface area (Å²) in [6.07, 6.45) is 0.451. The van der Waals surface area contributed by atoms with Gasteiger partial charge in [0.05, 0.1) is 0 Å². The van der Waals surface area contributed by atoms with Crippen molar-refractivity contribution in [1.29, 1.82) is 0 Å². The summed E-state index contributed by atoms with van der Waals surface area (Å²) in [5.41, 5.74) is 1.82. The average molecular weight is 408 g/mol. The molecule has 1 aliphatic rings. The predicted octanol–water partition coefficient (Wildman–Crippen LogP) is 5.24. The molecule has 2 aromatic rings. The number of allylic oxidation sites excluding steroid dienone is 1. The molecule has 2 aromatic carbocycles. The molecule has 3 rings (SSSR count). The van der Waals surface area contributed by atoms with Crippen LogP contribution in [0, 0.1) is 0 Å². The van der Waals surface area contributed by atoms with E-state index in [2.05, 4.69) is 0 Å². The van der Waals surface area contributed by atoms with Gasteiger partial charge < -0.3 is 10.0 Å². The van der Waals surface area contributed by atoms with Crippen LogP contribution in [0.25, 0.3) is 0 Å². The number of nitrogens with zero attached hydrogens (tertiary/aromatic N) is 1. The Kier molecular flexibility index (Phi) is 5.61. The van der Waals surface area contributed by atoms with E-state index in [1.807, 2.05) is 30.3 Å². The minimum absolute atomic E-state index is 0.0458. The summed E-state index contributed by atoms with van der Waals surface area (Å²) in [4.78, 5) is 26.1. The Balaban J connectivity index is 1.90. The Hall–Kier alpha value is -1.95. The van der Waals surface area contributed by atoms with Crippen molar-refractivity contribution in [3.05, 3.63) is 80.3 Å². The van der Waals surface area contributed by atoms with Crippen molar-refractivity contribution >= 4 is 46.8 Å². The van der Waals surface area contributed by atoms with Gasteiger partial charge in [0.15, 0.2) is 0 Å². The molecular weight excluding hydrogens is 393 g/mol. The van der Waals surface area contributed by atoms with Crippen molar-refractivity contribution in [3.63, 3.8) is 0 Å². The van der Waals surface area contributed by atoms with Crippen molar-refractivity contribution in [2.24, 2.45) is 0 Å². The molecule has 0 spiro atoms. The molecule has 1 amide bonds. The second-order valence-corrected chi connectivity index (χ2v) is 7.91. The van der Waals surface area contributed by atoms with Crippen LogP contribution in [0.1, 0.15) is 27.6 Å². The van der Waals surface area contributed by atoms with E-state index >= 15 is 0 Å². The van der Waals surface area contributed by atoms with E-state index in [1.54, 1.807) is 13.1 Å². The summed E-state index contributed by atoms with van der Waals surface area (Å²) < 4.78 is 0. The van der Waals surface area contributed by atoms with Crippen LogP contribution in [0.15, 0.2) is 59.1 Å². The monoisotopic (exact) mass is 407 g/mol. The van der Waals surface area contributed by atoms with E-state index in [0.29, 0.717) is 27.7 Å². The maximum absolute atomic E-state index is 12.8. The van der Waals surface area contributed by atoms with Gasteiger partial charge in [-0.2, -0.15) is 0 Å². The Morgan fingerprint density at radius 2 is 1.73 bits per heavy atom. The van der Waals surface area contributed by atoms with E-state index < -0.39 is 5.97 Å². The maximum Gasteiger partial charge on any atom is 0.343 e. The fraction of sp³-hybridized carbons (Fsp3) is 0.158. The molecule has 26 heavy (non-hydrogen) atoms. The standard InChI is InChI=1S/C19H15Cl2NO3S/c1-22(18(23)12-7-13(20)9-14(21)8-12)15-10-16(26-17(15)19(24)25)11-5-3-2-4-6-11/h2-9,16H,10H2,1H3,(H,24,25). The second-order valence-electron chi connectivity index (χ2n) is 5.82. The normalized spacial score (nSPS) is 16.7. The van der Waals surface area contributed by atoms with E-state index in [0.717, 1.165) is 5.56 Å². The summed E-state index contributed by atoms with van der Waals surface area (Å²) in [6, 6.07) is 14.2. The fourth-order valence-electron chi connectivity index (χ4n) is 2.83. The number of carbonyl (C=O) groups excluding carboxylic acids is 1. The van der Waals surface area contributed by atoms with Gasteiger partial charge in [0.25, 0.3) is 5.91 Å². The number of hydrogen-bond acceptors (Lipinski definition) is 3. The van der Waals surface area contributed by atoms with E-state index in [1.165, 1.54) is 28.8 Å². The van der Waals surface area contributed by atoms with Crippen LogP contribution in [0.3, 0.4) is 0 Å². The molecule has 4 nitrogen and oxygen atoms in total. The summed E-state index contributed by atoms with van der Waals surface area (Å²) in [5, 5.41) is 10.2. The van der Waals surface area contributed by atoms with Crippen molar-refractivity contribution in [3.8, 4) is 0 Å². The first-order chi connectivity index (χ1) is 12.4. The number of carbonyl (C=O) groups is 2. The van der Waals surface area contributed by atoms with Crippen LogP contribution in [-0.4, -0.2) is 28.9 Å². The van der Waals surface area contributed by atoms with Gasteiger partial charge in [-0.05, 0) is 23.8 Å². The zero-order valence-electron chi connectivity index (χ0n) is 13.8. The molecule has 1 N–H and O–H groups in total. The minimum atomic E-state index is -1.03. The van der Waals surface area contributed by atoms with Crippen LogP contribution >= 0.6 is 35.0 Å². The van der Waals surface area contributed by atoms with E-state index in [-0.39, 0.29) is 16.1 Å². The fourth-order valence-corrected chi connectivity index (χ4v) is 4.63. The molecular formula is C19H15Cl2NO3S. The summed E-state index contributed by atoms with van der Waals surface area (Å²) in [7, 11) is 1.57. The van der Waals surface area contributed by atoms with Gasteiger partial charge >= 0.3 is 5.97 Å². The van der Waals surface area contributed by atoms with E-state index in [4.69, 9.17) is 23.2 Å². The molecule has 134 valence electrons. The number of aliphatic carboxylic acids is 1. The Labute approximate surface area is 165 Å². The SMILES string of the molecule is CN(C(=O)c1cc(Cl)cc(Cl)c1)C1=C(C(=O)O)SC(c2ccccc2)C1. The third kappa shape index (κ3) is 3.90. The molecule has 0 radical (unpaired) electrons. The Morgan fingerprint density at radius 1 is 1.12 bits per heavy atom. The smallest absolute Gasteiger partial charge is 0.343 e. The number of hydrogen-bond donors (Lipinski definition) is 1. The number of carboxylic acid groups (broad SMARTS) is 1. The number of carboxylic acids is 1. The van der Waals surface area contributed by atoms with Gasteiger partial charge in [-0.25, -0.2) is 4.79 Å². The molecule has 1 aliphatic heterocycles. The average Bonchev–Trinajstić information content (AvgIpc) is 3.06. The first-order valence-electron chi connectivity index (χ1n) is 7.79. The molecule has 0 aromatic heterocycles. The van der Waals surface area contributed by atoms with Crippen LogP contribution in [0.5, 0.6) is 0 Å². The molecule has 0 fully saturated rings. The number of rotatable bonds is 4. The zero-order valence-corrected chi connectivity index (χ0v) is 16.1. The first-order valence-corrected chi connectivity index (χ1v) is 9.42. The quantitative estimate of drug-likeness (QED) is 0.752. The van der Waals surface area contributed by atoms with Crippen LogP contribution in [0.4, 0.5) is 0 Å². The molecule has 1 atom stereocenters. The summed E-state index contributed by atoms with van der Waals surface area (Å²) >= 11 is 13.2. The lowest BCUT2D eigenvalue weighted by Crippen LogP contribution is -2.27. The number of benzene rings is 2. The maximum atomic E-state index is 12.8. The van der Waals surface area contributed by atoms with Crippen molar-refractivity contribution in [2.45, 2.75) is 11.7 Å². The van der Waals surface area contributed by atoms with Crippen LogP contribution in [0.2, 0.25) is 10.0 Å². The van der Waals surface area contributed by atoms with Crippen molar-refractivity contribution in [2.75, 3.05) is 7.05 Å². The molecule has 0 aliphatic carbocycles. The Morgan fingerprint density at radius 3 is 2.31 bits per heavy atom. The number of thioether (sulfide) groups is 1. The Bertz CT molecular complexity index is 879. The van der Waals surface area contributed by atoms with Gasteiger partial charge in [-0.15, -0.1) is 11.8 Å². The van der Waals surface area contributed by atoms with Gasteiger partial charge in [0.2, 0.25) is 0 Å². The lowest BCUT2D eigenvalue weighted by molar-refractivity contribution is -0.131. The lowest BCUT2D eigenvalue weighted by Gasteiger charge is -2.20. The van der Waals surface area contributed by atoms with Crippen molar-refractivity contribution in [1.82, 2.24) is 4.90 Å². The van der Waals surface area contributed by atoms with Gasteiger partial charge in [0.1, 0.15) is 4.91 Å². The van der Waals surface area contributed by atoms with Gasteiger partial charge in [-0.3, -0.25) is 4.79 Å². The summed E-state index contributed by atoms with van der Waals surface area (Å²) in [5.74, 6) is -1.38. The first kappa shape index (κ1) is 18.8. The van der Waals surface area contributed by atoms with Crippen molar-refractivity contribution < 1.29 is 14.7 Å². The zero-order chi connectivity index (χ0) is 18.8. The minimum Gasteiger partial charge on any atom is -0.477 e.